The molecule has 1 aliphatic heterocycles. The first-order valence-electron chi connectivity index (χ1n) is 5.86. The van der Waals surface area contributed by atoms with Crippen LogP contribution in [0.5, 0.6) is 0 Å². The fourth-order valence-electron chi connectivity index (χ4n) is 2.47. The van der Waals surface area contributed by atoms with Crippen LogP contribution >= 0.6 is 0 Å². The predicted octanol–water partition coefficient (Wildman–Crippen LogP) is 0.439. The van der Waals surface area contributed by atoms with E-state index in [4.69, 9.17) is 28.4 Å². The van der Waals surface area contributed by atoms with E-state index in [1.54, 1.807) is 35.5 Å². The van der Waals surface area contributed by atoms with Crippen molar-refractivity contribution in [2.75, 3.05) is 42.2 Å². The Kier molecular flexibility index (Phi) is 5.97. The zero-order chi connectivity index (χ0) is 13.8. The Balaban J connectivity index is 3.01. The third kappa shape index (κ3) is 2.68. The van der Waals surface area contributed by atoms with Crippen molar-refractivity contribution in [3.63, 3.8) is 0 Å². The number of hydrogen-bond donors (Lipinski definition) is 0. The molecule has 0 bridgehead atoms. The van der Waals surface area contributed by atoms with Crippen molar-refractivity contribution in [1.82, 2.24) is 0 Å². The molecule has 1 aliphatic rings. The van der Waals surface area contributed by atoms with Crippen LogP contribution in [-0.2, 0) is 28.4 Å². The van der Waals surface area contributed by atoms with Crippen LogP contribution in [0.15, 0.2) is 0 Å². The van der Waals surface area contributed by atoms with Gasteiger partial charge in [0.25, 0.3) is 0 Å². The van der Waals surface area contributed by atoms with Crippen LogP contribution in [0.2, 0.25) is 0 Å². The molecule has 6 heteroatoms. The molecule has 1 saturated heterocycles. The van der Waals surface area contributed by atoms with Gasteiger partial charge in [-0.3, -0.25) is 0 Å². The molecule has 0 saturated carbocycles. The Labute approximate surface area is 108 Å². The fourth-order valence-corrected chi connectivity index (χ4v) is 2.47. The summed E-state index contributed by atoms with van der Waals surface area (Å²) in [5, 5.41) is 0. The van der Waals surface area contributed by atoms with Crippen LogP contribution in [-0.4, -0.2) is 72.4 Å². The molecule has 0 radical (unpaired) electrons. The first-order chi connectivity index (χ1) is 8.58. The van der Waals surface area contributed by atoms with E-state index in [9.17, 15) is 0 Å². The number of ether oxygens (including phenoxy) is 6. The van der Waals surface area contributed by atoms with E-state index in [1.165, 1.54) is 0 Å². The van der Waals surface area contributed by atoms with Gasteiger partial charge in [0.05, 0.1) is 6.61 Å². The Hall–Kier alpha value is -0.240. The molecule has 0 aliphatic carbocycles. The van der Waals surface area contributed by atoms with Crippen LogP contribution in [0.25, 0.3) is 0 Å². The number of methoxy groups -OCH3 is 5. The van der Waals surface area contributed by atoms with E-state index in [0.717, 1.165) is 0 Å². The molecule has 0 N–H and O–H groups in total. The minimum absolute atomic E-state index is 0.266. The van der Waals surface area contributed by atoms with Crippen molar-refractivity contribution in [3.8, 4) is 0 Å². The van der Waals surface area contributed by atoms with Gasteiger partial charge in [0.2, 0.25) is 0 Å². The Morgan fingerprint density at radius 2 is 1.67 bits per heavy atom. The summed E-state index contributed by atoms with van der Waals surface area (Å²) in [6, 6.07) is 0. The number of hydrogen-bond acceptors (Lipinski definition) is 6. The van der Waals surface area contributed by atoms with E-state index < -0.39 is 11.9 Å². The molecule has 1 heterocycles. The summed E-state index contributed by atoms with van der Waals surface area (Å²) in [6.45, 7) is 2.28. The highest BCUT2D eigenvalue weighted by Gasteiger charge is 2.55. The van der Waals surface area contributed by atoms with Crippen molar-refractivity contribution in [2.24, 2.45) is 0 Å². The summed E-state index contributed by atoms with van der Waals surface area (Å²) >= 11 is 0. The van der Waals surface area contributed by atoms with Crippen molar-refractivity contribution < 1.29 is 28.4 Å². The molecule has 0 aromatic rings. The molecular weight excluding hydrogens is 240 g/mol. The molecule has 6 nitrogen and oxygen atoms in total. The average Bonchev–Trinajstić information content (AvgIpc) is 2.39. The van der Waals surface area contributed by atoms with Gasteiger partial charge in [0.1, 0.15) is 23.9 Å². The Bertz CT molecular complexity index is 249. The van der Waals surface area contributed by atoms with Gasteiger partial charge in [-0.2, -0.15) is 0 Å². The smallest absolute Gasteiger partial charge is 0.189 e. The van der Waals surface area contributed by atoms with E-state index in [-0.39, 0.29) is 18.3 Å². The van der Waals surface area contributed by atoms with E-state index >= 15 is 0 Å². The molecule has 0 aromatic heterocycles. The topological polar surface area (TPSA) is 55.4 Å². The molecule has 5 atom stereocenters. The van der Waals surface area contributed by atoms with Crippen LogP contribution < -0.4 is 0 Å². The first-order valence-corrected chi connectivity index (χ1v) is 5.86. The molecular formula is C12H24O6. The zero-order valence-corrected chi connectivity index (χ0v) is 12.0. The van der Waals surface area contributed by atoms with Crippen LogP contribution in [0.1, 0.15) is 6.92 Å². The summed E-state index contributed by atoms with van der Waals surface area (Å²) in [6.07, 6.45) is -1.41. The summed E-state index contributed by atoms with van der Waals surface area (Å²) in [5.74, 6) is 0. The first kappa shape index (κ1) is 15.8. The van der Waals surface area contributed by atoms with Gasteiger partial charge >= 0.3 is 0 Å². The molecule has 1 fully saturated rings. The Morgan fingerprint density at radius 3 is 2.06 bits per heavy atom. The highest BCUT2D eigenvalue weighted by molar-refractivity contribution is 5.00. The van der Waals surface area contributed by atoms with Crippen LogP contribution in [0.3, 0.4) is 0 Å². The quantitative estimate of drug-likeness (QED) is 0.694. The summed E-state index contributed by atoms with van der Waals surface area (Å²) in [4.78, 5) is 0. The van der Waals surface area contributed by atoms with E-state index in [1.807, 2.05) is 6.92 Å². The molecule has 0 amide bonds. The predicted molar refractivity (Wildman–Crippen MR) is 64.6 cm³/mol. The maximum Gasteiger partial charge on any atom is 0.189 e. The summed E-state index contributed by atoms with van der Waals surface area (Å²) < 4.78 is 32.9. The van der Waals surface area contributed by atoms with Gasteiger partial charge in [-0.1, -0.05) is 0 Å². The molecule has 18 heavy (non-hydrogen) atoms. The molecule has 5 unspecified atom stereocenters. The lowest BCUT2D eigenvalue weighted by Gasteiger charge is -2.50. The molecule has 108 valence electrons. The zero-order valence-electron chi connectivity index (χ0n) is 12.0. The second-order valence-corrected chi connectivity index (χ2v) is 4.44. The van der Waals surface area contributed by atoms with E-state index in [2.05, 4.69) is 0 Å². The van der Waals surface area contributed by atoms with E-state index in [0.29, 0.717) is 6.61 Å². The third-order valence-electron chi connectivity index (χ3n) is 3.51. The summed E-state index contributed by atoms with van der Waals surface area (Å²) in [7, 11) is 8.03. The largest absolute Gasteiger partial charge is 0.382 e. The minimum Gasteiger partial charge on any atom is -0.382 e. The standard InChI is InChI=1S/C12H24O6/c1-12(17-6)10(15-4)9(14-3)8(7-13-2)18-11(12)16-5/h8-11H,7H2,1-6H3. The van der Waals surface area contributed by atoms with Crippen LogP contribution in [0, 0.1) is 0 Å². The molecule has 0 aromatic carbocycles. The maximum atomic E-state index is 5.84. The van der Waals surface area contributed by atoms with Crippen molar-refractivity contribution >= 4 is 0 Å². The highest BCUT2D eigenvalue weighted by atomic mass is 16.7. The van der Waals surface area contributed by atoms with Gasteiger partial charge in [-0.15, -0.1) is 0 Å². The fraction of sp³-hybridized carbons (Fsp3) is 1.00. The normalized spacial score (nSPS) is 41.0. The second-order valence-electron chi connectivity index (χ2n) is 4.44. The van der Waals surface area contributed by atoms with Gasteiger partial charge in [0.15, 0.2) is 6.29 Å². The van der Waals surface area contributed by atoms with Gasteiger partial charge in [0, 0.05) is 35.5 Å². The lowest BCUT2D eigenvalue weighted by atomic mass is 9.87. The number of rotatable bonds is 6. The monoisotopic (exact) mass is 264 g/mol. The van der Waals surface area contributed by atoms with Crippen molar-refractivity contribution in [1.29, 1.82) is 0 Å². The SMILES string of the molecule is COCC1OC(OC)C(C)(OC)C(OC)C1OC. The lowest BCUT2D eigenvalue weighted by molar-refractivity contribution is -0.343. The molecule has 1 rings (SSSR count). The Morgan fingerprint density at radius 1 is 1.00 bits per heavy atom. The highest BCUT2D eigenvalue weighted by Crippen LogP contribution is 2.35. The van der Waals surface area contributed by atoms with Gasteiger partial charge in [-0.05, 0) is 6.92 Å². The van der Waals surface area contributed by atoms with Crippen LogP contribution in [0.4, 0.5) is 0 Å². The van der Waals surface area contributed by atoms with Gasteiger partial charge in [-0.25, -0.2) is 0 Å². The maximum absolute atomic E-state index is 5.84. The van der Waals surface area contributed by atoms with Crippen molar-refractivity contribution in [3.05, 3.63) is 0 Å². The average molecular weight is 264 g/mol. The third-order valence-corrected chi connectivity index (χ3v) is 3.51. The molecule has 0 spiro atoms. The van der Waals surface area contributed by atoms with Crippen molar-refractivity contribution in [2.45, 2.75) is 37.1 Å². The summed E-state index contributed by atoms with van der Waals surface area (Å²) in [5.41, 5.74) is -0.742. The minimum atomic E-state index is -0.742. The lowest BCUT2D eigenvalue weighted by Crippen LogP contribution is -2.67. The van der Waals surface area contributed by atoms with Gasteiger partial charge < -0.3 is 28.4 Å². The second kappa shape index (κ2) is 6.79.